The van der Waals surface area contributed by atoms with Crippen LogP contribution in [0.4, 0.5) is 5.69 Å². The quantitative estimate of drug-likeness (QED) is 0.668. The Labute approximate surface area is 127 Å². The molecule has 5 nitrogen and oxygen atoms in total. The van der Waals surface area contributed by atoms with Crippen molar-refractivity contribution in [2.45, 2.75) is 13.5 Å². The summed E-state index contributed by atoms with van der Waals surface area (Å²) in [6.07, 6.45) is 0. The Hall–Kier alpha value is -2.11. The van der Waals surface area contributed by atoms with Crippen LogP contribution in [0.3, 0.4) is 0 Å². The Morgan fingerprint density at radius 1 is 1.24 bits per heavy atom. The van der Waals surface area contributed by atoms with Crippen LogP contribution >= 0.6 is 11.6 Å². The number of nitro benzene ring substituents is 1. The molecule has 0 aliphatic heterocycles. The van der Waals surface area contributed by atoms with E-state index in [1.807, 2.05) is 13.1 Å². The van der Waals surface area contributed by atoms with Gasteiger partial charge in [0.2, 0.25) is 0 Å². The second-order valence-electron chi connectivity index (χ2n) is 4.59. The number of rotatable bonds is 5. The highest BCUT2D eigenvalue weighted by Gasteiger charge is 2.11. The lowest BCUT2D eigenvalue weighted by atomic mass is 10.1. The second-order valence-corrected chi connectivity index (χ2v) is 5.03. The second kappa shape index (κ2) is 6.56. The van der Waals surface area contributed by atoms with Crippen LogP contribution in [0.25, 0.3) is 0 Å². The Kier molecular flexibility index (Phi) is 4.77. The fourth-order valence-electron chi connectivity index (χ4n) is 1.96. The van der Waals surface area contributed by atoms with Crippen molar-refractivity contribution in [3.8, 4) is 11.5 Å². The van der Waals surface area contributed by atoms with E-state index >= 15 is 0 Å². The monoisotopic (exact) mass is 306 g/mol. The number of non-ortho nitro benzene ring substituents is 1. The number of halogens is 1. The van der Waals surface area contributed by atoms with E-state index in [0.717, 1.165) is 5.56 Å². The molecule has 0 unspecified atom stereocenters. The van der Waals surface area contributed by atoms with Crippen LogP contribution in [0.2, 0.25) is 5.02 Å². The molecule has 0 bridgehead atoms. The molecule has 0 radical (unpaired) electrons. The van der Waals surface area contributed by atoms with Crippen LogP contribution in [-0.4, -0.2) is 12.0 Å². The van der Waals surface area contributed by atoms with Gasteiger partial charge in [-0.05, 0) is 43.8 Å². The molecule has 0 aliphatic rings. The van der Waals surface area contributed by atoms with Gasteiger partial charge < -0.3 is 10.1 Å². The van der Waals surface area contributed by atoms with Gasteiger partial charge in [0.05, 0.1) is 4.92 Å². The van der Waals surface area contributed by atoms with Crippen molar-refractivity contribution in [2.75, 3.05) is 7.05 Å². The molecule has 21 heavy (non-hydrogen) atoms. The Morgan fingerprint density at radius 2 is 1.95 bits per heavy atom. The van der Waals surface area contributed by atoms with Gasteiger partial charge in [0.1, 0.15) is 11.5 Å². The van der Waals surface area contributed by atoms with Crippen LogP contribution in [0.5, 0.6) is 11.5 Å². The minimum atomic E-state index is -0.425. The smallest absolute Gasteiger partial charge is 0.269 e. The first-order valence-corrected chi connectivity index (χ1v) is 6.75. The van der Waals surface area contributed by atoms with Gasteiger partial charge in [-0.15, -0.1) is 0 Å². The summed E-state index contributed by atoms with van der Waals surface area (Å²) < 4.78 is 5.86. The normalized spacial score (nSPS) is 10.4. The Bertz CT molecular complexity index is 674. The summed E-state index contributed by atoms with van der Waals surface area (Å²) in [5.41, 5.74) is 1.67. The lowest BCUT2D eigenvalue weighted by molar-refractivity contribution is -0.384. The summed E-state index contributed by atoms with van der Waals surface area (Å²) in [6.45, 7) is 2.39. The van der Waals surface area contributed by atoms with E-state index in [-0.39, 0.29) is 5.69 Å². The van der Waals surface area contributed by atoms with Crippen LogP contribution in [0.1, 0.15) is 11.1 Å². The third kappa shape index (κ3) is 3.71. The summed E-state index contributed by atoms with van der Waals surface area (Å²) in [6, 6.07) is 9.88. The molecule has 0 aliphatic carbocycles. The van der Waals surface area contributed by atoms with E-state index in [2.05, 4.69) is 5.32 Å². The highest BCUT2D eigenvalue weighted by molar-refractivity contribution is 6.30. The zero-order valence-corrected chi connectivity index (χ0v) is 12.5. The van der Waals surface area contributed by atoms with Gasteiger partial charge in [0.15, 0.2) is 0 Å². The molecule has 2 aromatic rings. The average molecular weight is 307 g/mol. The topological polar surface area (TPSA) is 64.4 Å². The predicted molar refractivity (Wildman–Crippen MR) is 82.1 cm³/mol. The molecular weight excluding hydrogens is 292 g/mol. The molecule has 0 saturated carbocycles. The van der Waals surface area contributed by atoms with Gasteiger partial charge in [-0.25, -0.2) is 0 Å². The largest absolute Gasteiger partial charge is 0.457 e. The standard InChI is InChI=1S/C15H15ClN2O3/c1-10-7-13(18(19)20)4-6-14(10)21-15-5-3-12(16)8-11(15)9-17-2/h3-8,17H,9H2,1-2H3. The minimum Gasteiger partial charge on any atom is -0.457 e. The van der Waals surface area contributed by atoms with Gasteiger partial charge >= 0.3 is 0 Å². The summed E-state index contributed by atoms with van der Waals surface area (Å²) in [5, 5.41) is 14.4. The van der Waals surface area contributed by atoms with Crippen molar-refractivity contribution < 1.29 is 9.66 Å². The number of hydrogen-bond donors (Lipinski definition) is 1. The van der Waals surface area contributed by atoms with Crippen LogP contribution in [0.15, 0.2) is 36.4 Å². The van der Waals surface area contributed by atoms with Crippen molar-refractivity contribution >= 4 is 17.3 Å². The van der Waals surface area contributed by atoms with E-state index in [4.69, 9.17) is 16.3 Å². The van der Waals surface area contributed by atoms with Crippen molar-refractivity contribution in [3.05, 3.63) is 62.7 Å². The lowest BCUT2D eigenvalue weighted by Crippen LogP contribution is -2.06. The Morgan fingerprint density at radius 3 is 2.57 bits per heavy atom. The molecule has 0 heterocycles. The van der Waals surface area contributed by atoms with Crippen molar-refractivity contribution in [2.24, 2.45) is 0 Å². The molecule has 1 N–H and O–H groups in total. The molecule has 0 atom stereocenters. The molecule has 6 heteroatoms. The molecular formula is C15H15ClN2O3. The molecule has 2 rings (SSSR count). The van der Waals surface area contributed by atoms with Gasteiger partial charge in [-0.3, -0.25) is 10.1 Å². The highest BCUT2D eigenvalue weighted by atomic mass is 35.5. The van der Waals surface area contributed by atoms with Crippen molar-refractivity contribution in [1.82, 2.24) is 5.32 Å². The molecule has 110 valence electrons. The third-order valence-electron chi connectivity index (χ3n) is 2.98. The first kappa shape index (κ1) is 15.3. The molecule has 0 saturated heterocycles. The van der Waals surface area contributed by atoms with E-state index < -0.39 is 4.92 Å². The number of aryl methyl sites for hydroxylation is 1. The first-order chi connectivity index (χ1) is 10.0. The molecule has 0 amide bonds. The van der Waals surface area contributed by atoms with E-state index in [1.54, 1.807) is 25.1 Å². The zero-order valence-electron chi connectivity index (χ0n) is 11.7. The maximum atomic E-state index is 10.7. The Balaban J connectivity index is 2.32. The van der Waals surface area contributed by atoms with Gasteiger partial charge in [-0.2, -0.15) is 0 Å². The van der Waals surface area contributed by atoms with Crippen molar-refractivity contribution in [3.63, 3.8) is 0 Å². The van der Waals surface area contributed by atoms with Crippen LogP contribution in [0, 0.1) is 17.0 Å². The van der Waals surface area contributed by atoms with Crippen molar-refractivity contribution in [1.29, 1.82) is 0 Å². The van der Waals surface area contributed by atoms with Crippen LogP contribution in [-0.2, 0) is 6.54 Å². The van der Waals surface area contributed by atoms with Gasteiger partial charge in [0.25, 0.3) is 5.69 Å². The first-order valence-electron chi connectivity index (χ1n) is 6.37. The molecule has 2 aromatic carbocycles. The summed E-state index contributed by atoms with van der Waals surface area (Å²) in [5.74, 6) is 1.26. The molecule has 0 spiro atoms. The number of nitro groups is 1. The highest BCUT2D eigenvalue weighted by Crippen LogP contribution is 2.31. The number of ether oxygens (including phenoxy) is 1. The van der Waals surface area contributed by atoms with E-state index in [0.29, 0.717) is 28.6 Å². The van der Waals surface area contributed by atoms with E-state index in [9.17, 15) is 10.1 Å². The zero-order chi connectivity index (χ0) is 15.4. The third-order valence-corrected chi connectivity index (χ3v) is 3.21. The molecule has 0 fully saturated rings. The lowest BCUT2D eigenvalue weighted by Gasteiger charge is -2.13. The number of nitrogens with zero attached hydrogens (tertiary/aromatic N) is 1. The number of nitrogens with one attached hydrogen (secondary N) is 1. The fourth-order valence-corrected chi connectivity index (χ4v) is 2.15. The summed E-state index contributed by atoms with van der Waals surface area (Å²) >= 11 is 5.98. The average Bonchev–Trinajstić information content (AvgIpc) is 2.43. The molecule has 0 aromatic heterocycles. The number of hydrogen-bond acceptors (Lipinski definition) is 4. The van der Waals surface area contributed by atoms with Gasteiger partial charge in [-0.1, -0.05) is 11.6 Å². The number of benzene rings is 2. The van der Waals surface area contributed by atoms with E-state index in [1.165, 1.54) is 12.1 Å². The SMILES string of the molecule is CNCc1cc(Cl)ccc1Oc1ccc([N+](=O)[O-])cc1C. The fraction of sp³-hybridized carbons (Fsp3) is 0.200. The van der Waals surface area contributed by atoms with Gasteiger partial charge in [0, 0.05) is 29.3 Å². The summed E-state index contributed by atoms with van der Waals surface area (Å²) in [7, 11) is 1.84. The minimum absolute atomic E-state index is 0.0476. The maximum absolute atomic E-state index is 10.7. The van der Waals surface area contributed by atoms with Crippen LogP contribution < -0.4 is 10.1 Å². The maximum Gasteiger partial charge on any atom is 0.269 e. The predicted octanol–water partition coefficient (Wildman–Crippen LogP) is 4.07. The summed E-state index contributed by atoms with van der Waals surface area (Å²) in [4.78, 5) is 10.3.